The number of anilines is 1. The second kappa shape index (κ2) is 4.92. The number of fused-ring (bicyclic) bond motifs is 3. The summed E-state index contributed by atoms with van der Waals surface area (Å²) in [6.45, 7) is 0. The van der Waals surface area contributed by atoms with Crippen LogP contribution in [0.1, 0.15) is 5.56 Å². The van der Waals surface area contributed by atoms with Gasteiger partial charge < -0.3 is 0 Å². The molecule has 22 heavy (non-hydrogen) atoms. The molecule has 0 spiro atoms. The predicted molar refractivity (Wildman–Crippen MR) is 82.7 cm³/mol. The van der Waals surface area contributed by atoms with Crippen molar-refractivity contribution in [2.45, 2.75) is 0 Å². The highest BCUT2D eigenvalue weighted by Gasteiger charge is 2.13. The molecule has 0 saturated carbocycles. The molecule has 8 heteroatoms. The largest absolute Gasteiger partial charge is 0.264 e. The predicted octanol–water partition coefficient (Wildman–Crippen LogP) is 1.46. The van der Waals surface area contributed by atoms with E-state index >= 15 is 0 Å². The third-order valence-corrected chi connectivity index (χ3v) is 3.33. The van der Waals surface area contributed by atoms with Crippen LogP contribution in [-0.4, -0.2) is 35.8 Å². The number of rotatable bonds is 3. The van der Waals surface area contributed by atoms with Crippen LogP contribution in [0.25, 0.3) is 16.6 Å². The van der Waals surface area contributed by atoms with Crippen molar-refractivity contribution in [1.29, 1.82) is 0 Å². The minimum absolute atomic E-state index is 0.592. The minimum Gasteiger partial charge on any atom is -0.264 e. The molecule has 0 saturated heterocycles. The van der Waals surface area contributed by atoms with Crippen molar-refractivity contribution in [3.8, 4) is 0 Å². The Labute approximate surface area is 125 Å². The second-order valence-electron chi connectivity index (χ2n) is 4.76. The Morgan fingerprint density at radius 3 is 2.95 bits per heavy atom. The molecule has 8 nitrogen and oxygen atoms in total. The Morgan fingerprint density at radius 1 is 1.23 bits per heavy atom. The maximum Gasteiger partial charge on any atom is 0.193 e. The summed E-state index contributed by atoms with van der Waals surface area (Å²) in [7, 11) is 1.85. The molecule has 3 heterocycles. The first kappa shape index (κ1) is 12.5. The van der Waals surface area contributed by atoms with E-state index in [0.717, 1.165) is 16.5 Å². The number of aromatic nitrogens is 6. The fourth-order valence-electron chi connectivity index (χ4n) is 2.30. The SMILES string of the molecule is Cn1ncc2c1c(N/N=C/c1ccccc1)nn1cnnc21. The molecule has 0 radical (unpaired) electrons. The van der Waals surface area contributed by atoms with Crippen LogP contribution < -0.4 is 5.43 Å². The summed E-state index contributed by atoms with van der Waals surface area (Å²) in [4.78, 5) is 0. The molecule has 1 N–H and O–H groups in total. The highest BCUT2D eigenvalue weighted by molar-refractivity contribution is 5.97. The zero-order chi connectivity index (χ0) is 14.9. The lowest BCUT2D eigenvalue weighted by Crippen LogP contribution is -2.02. The number of benzene rings is 1. The first-order chi connectivity index (χ1) is 10.8. The van der Waals surface area contributed by atoms with E-state index in [1.807, 2.05) is 37.4 Å². The molecular formula is C14H12N8. The molecule has 0 aliphatic carbocycles. The molecule has 0 fully saturated rings. The maximum absolute atomic E-state index is 4.43. The molecule has 0 atom stereocenters. The van der Waals surface area contributed by atoms with Crippen molar-refractivity contribution in [2.75, 3.05) is 5.43 Å². The quantitative estimate of drug-likeness (QED) is 0.456. The zero-order valence-corrected chi connectivity index (χ0v) is 11.7. The lowest BCUT2D eigenvalue weighted by Gasteiger charge is -2.04. The Balaban J connectivity index is 1.76. The Kier molecular flexibility index (Phi) is 2.78. The number of aryl methyl sites for hydroxylation is 1. The van der Waals surface area contributed by atoms with E-state index in [1.54, 1.807) is 27.9 Å². The van der Waals surface area contributed by atoms with Crippen LogP contribution in [0.4, 0.5) is 5.82 Å². The van der Waals surface area contributed by atoms with Crippen LogP contribution >= 0.6 is 0 Å². The molecule has 0 aliphatic rings. The summed E-state index contributed by atoms with van der Waals surface area (Å²) in [6.07, 6.45) is 5.03. The molecule has 1 aromatic carbocycles. The monoisotopic (exact) mass is 292 g/mol. The van der Waals surface area contributed by atoms with Crippen LogP contribution in [0.2, 0.25) is 0 Å². The summed E-state index contributed by atoms with van der Waals surface area (Å²) in [6, 6.07) is 9.83. The number of nitrogens with one attached hydrogen (secondary N) is 1. The fourth-order valence-corrected chi connectivity index (χ4v) is 2.30. The molecule has 0 aliphatic heterocycles. The Morgan fingerprint density at radius 2 is 2.09 bits per heavy atom. The van der Waals surface area contributed by atoms with E-state index in [1.165, 1.54) is 0 Å². The van der Waals surface area contributed by atoms with E-state index in [0.29, 0.717) is 11.5 Å². The van der Waals surface area contributed by atoms with Gasteiger partial charge in [0, 0.05) is 7.05 Å². The summed E-state index contributed by atoms with van der Waals surface area (Å²) >= 11 is 0. The van der Waals surface area contributed by atoms with E-state index in [4.69, 9.17) is 0 Å². The highest BCUT2D eigenvalue weighted by Crippen LogP contribution is 2.23. The van der Waals surface area contributed by atoms with Crippen molar-refractivity contribution >= 4 is 28.6 Å². The Bertz CT molecular complexity index is 967. The van der Waals surface area contributed by atoms with Gasteiger partial charge in [-0.05, 0) is 5.56 Å². The molecule has 4 aromatic rings. The van der Waals surface area contributed by atoms with Crippen molar-refractivity contribution in [1.82, 2.24) is 29.6 Å². The van der Waals surface area contributed by atoms with Crippen molar-refractivity contribution in [3.05, 3.63) is 48.4 Å². The first-order valence-corrected chi connectivity index (χ1v) is 6.69. The van der Waals surface area contributed by atoms with Gasteiger partial charge in [0.15, 0.2) is 11.5 Å². The molecule has 0 amide bonds. The zero-order valence-electron chi connectivity index (χ0n) is 11.7. The van der Waals surface area contributed by atoms with Gasteiger partial charge in [0.1, 0.15) is 11.8 Å². The first-order valence-electron chi connectivity index (χ1n) is 6.69. The van der Waals surface area contributed by atoms with Crippen molar-refractivity contribution in [2.24, 2.45) is 12.1 Å². The van der Waals surface area contributed by atoms with Crippen LogP contribution in [-0.2, 0) is 7.05 Å². The third kappa shape index (κ3) is 1.97. The number of hydrazone groups is 1. The minimum atomic E-state index is 0.592. The van der Waals surface area contributed by atoms with Gasteiger partial charge >= 0.3 is 0 Å². The molecule has 108 valence electrons. The summed E-state index contributed by atoms with van der Waals surface area (Å²) in [5.74, 6) is 0.592. The van der Waals surface area contributed by atoms with Crippen molar-refractivity contribution in [3.63, 3.8) is 0 Å². The van der Waals surface area contributed by atoms with Crippen LogP contribution in [0.5, 0.6) is 0 Å². The van der Waals surface area contributed by atoms with Gasteiger partial charge in [-0.1, -0.05) is 30.3 Å². The van der Waals surface area contributed by atoms with Gasteiger partial charge in [-0.2, -0.15) is 14.7 Å². The lowest BCUT2D eigenvalue weighted by molar-refractivity contribution is 0.793. The van der Waals surface area contributed by atoms with Gasteiger partial charge in [0.2, 0.25) is 0 Å². The molecule has 3 aromatic heterocycles. The van der Waals surface area contributed by atoms with Gasteiger partial charge in [-0.3, -0.25) is 10.1 Å². The molecule has 4 rings (SSSR count). The average Bonchev–Trinajstić information content (AvgIpc) is 3.15. The number of hydrogen-bond donors (Lipinski definition) is 1. The normalized spacial score (nSPS) is 11.7. The summed E-state index contributed by atoms with van der Waals surface area (Å²) < 4.78 is 3.34. The van der Waals surface area contributed by atoms with E-state index in [2.05, 4.69) is 30.9 Å². The second-order valence-corrected chi connectivity index (χ2v) is 4.76. The maximum atomic E-state index is 4.43. The standard InChI is InChI=1S/C14H12N8/c1-21-12-11(8-17-21)14-19-16-9-22(14)20-13(12)18-15-7-10-5-3-2-4-6-10/h2-9H,1H3,(H,18,20)/b15-7+. The average molecular weight is 292 g/mol. The van der Waals surface area contributed by atoms with Crippen LogP contribution in [0.3, 0.4) is 0 Å². The van der Waals surface area contributed by atoms with E-state index in [9.17, 15) is 0 Å². The van der Waals surface area contributed by atoms with Crippen molar-refractivity contribution < 1.29 is 0 Å². The van der Waals surface area contributed by atoms with E-state index in [-0.39, 0.29) is 0 Å². The molecule has 0 unspecified atom stereocenters. The smallest absolute Gasteiger partial charge is 0.193 e. The number of hydrogen-bond acceptors (Lipinski definition) is 6. The highest BCUT2D eigenvalue weighted by atomic mass is 15.4. The topological polar surface area (TPSA) is 85.3 Å². The lowest BCUT2D eigenvalue weighted by atomic mass is 10.2. The third-order valence-electron chi connectivity index (χ3n) is 3.33. The van der Waals surface area contributed by atoms with Gasteiger partial charge in [0.25, 0.3) is 0 Å². The molecular weight excluding hydrogens is 280 g/mol. The van der Waals surface area contributed by atoms with E-state index < -0.39 is 0 Å². The number of nitrogens with zero attached hydrogens (tertiary/aromatic N) is 7. The van der Waals surface area contributed by atoms with Crippen LogP contribution in [0, 0.1) is 0 Å². The van der Waals surface area contributed by atoms with Gasteiger partial charge in [-0.25, -0.2) is 0 Å². The van der Waals surface area contributed by atoms with Gasteiger partial charge in [0.05, 0.1) is 17.8 Å². The Hall–Kier alpha value is -3.29. The summed E-state index contributed by atoms with van der Waals surface area (Å²) in [5, 5.41) is 21.7. The summed E-state index contributed by atoms with van der Waals surface area (Å²) in [5.41, 5.74) is 5.46. The fraction of sp³-hybridized carbons (Fsp3) is 0.0714. The molecule has 0 bridgehead atoms. The van der Waals surface area contributed by atoms with Crippen LogP contribution in [0.15, 0.2) is 48.0 Å². The van der Waals surface area contributed by atoms with Gasteiger partial charge in [-0.15, -0.1) is 15.3 Å².